The van der Waals surface area contributed by atoms with E-state index in [1.807, 2.05) is 42.3 Å². The van der Waals surface area contributed by atoms with Gasteiger partial charge in [-0.2, -0.15) is 0 Å². The first-order chi connectivity index (χ1) is 18.8. The lowest BCUT2D eigenvalue weighted by molar-refractivity contribution is -0.130. The first-order valence-corrected chi connectivity index (χ1v) is 13.7. The number of carbonyl (C=O) groups is 2. The fourth-order valence-corrected chi connectivity index (χ4v) is 5.47. The molecule has 2 aromatic carbocycles. The van der Waals surface area contributed by atoms with Crippen molar-refractivity contribution in [3.8, 4) is 11.4 Å². The third kappa shape index (κ3) is 7.86. The molecular formula is C29H40N8O2. The first kappa shape index (κ1) is 28.2. The lowest BCUT2D eigenvalue weighted by atomic mass is 9.80. The van der Waals surface area contributed by atoms with Crippen LogP contribution in [-0.2, 0) is 18.3 Å². The molecule has 39 heavy (non-hydrogen) atoms. The summed E-state index contributed by atoms with van der Waals surface area (Å²) in [6, 6.07) is 18.0. The van der Waals surface area contributed by atoms with E-state index in [9.17, 15) is 9.59 Å². The van der Waals surface area contributed by atoms with Crippen molar-refractivity contribution in [2.45, 2.75) is 51.1 Å². The quantitative estimate of drug-likeness (QED) is 0.413. The lowest BCUT2D eigenvalue weighted by Crippen LogP contribution is -2.52. The van der Waals surface area contributed by atoms with E-state index in [4.69, 9.17) is 0 Å². The molecule has 0 saturated heterocycles. The standard InChI is InChI=1S/C29H40N8O2/c1-21(38)36(3)26-15-16-27(24(19-26)20-35(2)17-9-12-22-10-6-5-7-11-22)31-29(39)30-25-14-8-13-23(18-25)28-32-33-34-37(28)4/h5-8,10-11,13-14,18,24,26-27H,9,12,15-17,19-20H2,1-4H3,(H2,30,31,39)/t24-,26+,27+/m0/s1. The van der Waals surface area contributed by atoms with Crippen LogP contribution in [0.2, 0.25) is 0 Å². The van der Waals surface area contributed by atoms with Crippen LogP contribution >= 0.6 is 0 Å². The Balaban J connectivity index is 1.37. The van der Waals surface area contributed by atoms with Gasteiger partial charge in [-0.25, -0.2) is 9.48 Å². The number of hydrogen-bond acceptors (Lipinski definition) is 6. The maximum absolute atomic E-state index is 13.1. The highest BCUT2D eigenvalue weighted by molar-refractivity contribution is 5.90. The monoisotopic (exact) mass is 532 g/mol. The maximum Gasteiger partial charge on any atom is 0.319 e. The number of carbonyl (C=O) groups excluding carboxylic acids is 2. The molecule has 2 N–H and O–H groups in total. The van der Waals surface area contributed by atoms with Crippen LogP contribution in [0.4, 0.5) is 10.5 Å². The van der Waals surface area contributed by atoms with Crippen LogP contribution in [0.25, 0.3) is 11.4 Å². The van der Waals surface area contributed by atoms with Crippen molar-refractivity contribution in [3.63, 3.8) is 0 Å². The molecule has 1 heterocycles. The van der Waals surface area contributed by atoms with E-state index in [-0.39, 0.29) is 29.9 Å². The van der Waals surface area contributed by atoms with Crippen molar-refractivity contribution in [2.24, 2.45) is 13.0 Å². The zero-order valence-electron chi connectivity index (χ0n) is 23.4. The second-order valence-electron chi connectivity index (χ2n) is 10.6. The molecule has 3 aromatic rings. The second kappa shape index (κ2) is 13.3. The molecule has 0 radical (unpaired) electrons. The van der Waals surface area contributed by atoms with Crippen LogP contribution in [0.5, 0.6) is 0 Å². The molecule has 10 heteroatoms. The van der Waals surface area contributed by atoms with Gasteiger partial charge in [-0.05, 0) is 79.7 Å². The zero-order valence-corrected chi connectivity index (χ0v) is 23.4. The van der Waals surface area contributed by atoms with Gasteiger partial charge in [0.1, 0.15) is 0 Å². The minimum Gasteiger partial charge on any atom is -0.343 e. The molecule has 0 unspecified atom stereocenters. The van der Waals surface area contributed by atoms with Gasteiger partial charge in [0.05, 0.1) is 0 Å². The molecular weight excluding hydrogens is 492 g/mol. The van der Waals surface area contributed by atoms with Gasteiger partial charge < -0.3 is 20.4 Å². The molecule has 3 amide bonds. The minimum absolute atomic E-state index is 0.0179. The smallest absolute Gasteiger partial charge is 0.319 e. The average molecular weight is 533 g/mol. The summed E-state index contributed by atoms with van der Waals surface area (Å²) in [5, 5.41) is 17.8. The highest BCUT2D eigenvalue weighted by Crippen LogP contribution is 2.29. The predicted octanol–water partition coefficient (Wildman–Crippen LogP) is 3.58. The van der Waals surface area contributed by atoms with Gasteiger partial charge in [-0.3, -0.25) is 4.79 Å². The van der Waals surface area contributed by atoms with E-state index in [0.717, 1.165) is 50.8 Å². The Morgan fingerprint density at radius 3 is 2.59 bits per heavy atom. The number of urea groups is 1. The largest absolute Gasteiger partial charge is 0.343 e. The van der Waals surface area contributed by atoms with Gasteiger partial charge in [0.25, 0.3) is 0 Å². The summed E-state index contributed by atoms with van der Waals surface area (Å²) in [6.07, 6.45) is 4.66. The van der Waals surface area contributed by atoms with Gasteiger partial charge in [0.15, 0.2) is 5.82 Å². The van der Waals surface area contributed by atoms with Crippen molar-refractivity contribution >= 4 is 17.6 Å². The number of rotatable bonds is 10. The molecule has 10 nitrogen and oxygen atoms in total. The number of nitrogens with zero attached hydrogens (tertiary/aromatic N) is 6. The number of amides is 3. The SMILES string of the molecule is CC(=O)N(C)[C@@H]1CC[C@@H](NC(=O)Nc2cccc(-c3nnnn3C)c2)[C@H](CN(C)CCCc2ccccc2)C1. The van der Waals surface area contributed by atoms with E-state index >= 15 is 0 Å². The Kier molecular flexibility index (Phi) is 9.64. The lowest BCUT2D eigenvalue weighted by Gasteiger charge is -2.41. The molecule has 4 rings (SSSR count). The molecule has 0 bridgehead atoms. The third-order valence-electron chi connectivity index (χ3n) is 7.71. The number of aryl methyl sites for hydroxylation is 2. The Labute approximate surface area is 230 Å². The molecule has 0 spiro atoms. The van der Waals surface area contributed by atoms with Crippen molar-refractivity contribution in [2.75, 3.05) is 32.5 Å². The van der Waals surface area contributed by atoms with E-state index in [1.54, 1.807) is 18.7 Å². The van der Waals surface area contributed by atoms with Gasteiger partial charge in [0, 0.05) is 50.9 Å². The first-order valence-electron chi connectivity index (χ1n) is 13.7. The van der Waals surface area contributed by atoms with Crippen molar-refractivity contribution in [1.82, 2.24) is 35.3 Å². The topological polar surface area (TPSA) is 108 Å². The van der Waals surface area contributed by atoms with Crippen LogP contribution in [-0.4, -0.2) is 81.2 Å². The van der Waals surface area contributed by atoms with Crippen molar-refractivity contribution in [1.29, 1.82) is 0 Å². The highest BCUT2D eigenvalue weighted by Gasteiger charge is 2.34. The minimum atomic E-state index is -0.233. The van der Waals surface area contributed by atoms with Crippen LogP contribution in [0.15, 0.2) is 54.6 Å². The zero-order chi connectivity index (χ0) is 27.8. The van der Waals surface area contributed by atoms with Crippen LogP contribution in [0, 0.1) is 5.92 Å². The van der Waals surface area contributed by atoms with Crippen LogP contribution < -0.4 is 10.6 Å². The maximum atomic E-state index is 13.1. The summed E-state index contributed by atoms with van der Waals surface area (Å²) in [5.41, 5.74) is 2.85. The number of aromatic nitrogens is 4. The fraction of sp³-hybridized carbons (Fsp3) is 0.483. The van der Waals surface area contributed by atoms with E-state index in [1.165, 1.54) is 5.56 Å². The highest BCUT2D eigenvalue weighted by atomic mass is 16.2. The summed E-state index contributed by atoms with van der Waals surface area (Å²) in [4.78, 5) is 29.4. The number of benzene rings is 2. The molecule has 1 aromatic heterocycles. The molecule has 1 fully saturated rings. The molecule has 208 valence electrons. The molecule has 1 aliphatic rings. The van der Waals surface area contributed by atoms with E-state index in [2.05, 4.69) is 62.4 Å². The number of anilines is 1. The average Bonchev–Trinajstić information content (AvgIpc) is 3.35. The summed E-state index contributed by atoms with van der Waals surface area (Å²) in [6.45, 7) is 3.45. The Bertz CT molecular complexity index is 1230. The summed E-state index contributed by atoms with van der Waals surface area (Å²) < 4.78 is 1.59. The molecule has 0 aliphatic heterocycles. The van der Waals surface area contributed by atoms with E-state index in [0.29, 0.717) is 11.5 Å². The summed E-state index contributed by atoms with van der Waals surface area (Å²) in [7, 11) is 5.81. The third-order valence-corrected chi connectivity index (χ3v) is 7.71. The Morgan fingerprint density at radius 2 is 1.87 bits per heavy atom. The Morgan fingerprint density at radius 1 is 1.08 bits per heavy atom. The van der Waals surface area contributed by atoms with Crippen LogP contribution in [0.1, 0.15) is 38.2 Å². The number of tetrazole rings is 1. The predicted molar refractivity (Wildman–Crippen MR) is 152 cm³/mol. The fourth-order valence-electron chi connectivity index (χ4n) is 5.47. The van der Waals surface area contributed by atoms with Gasteiger partial charge in [-0.1, -0.05) is 42.5 Å². The molecule has 1 saturated carbocycles. The Hall–Kier alpha value is -3.79. The number of nitrogens with one attached hydrogen (secondary N) is 2. The number of hydrogen-bond donors (Lipinski definition) is 2. The summed E-state index contributed by atoms with van der Waals surface area (Å²) in [5.74, 6) is 0.938. The van der Waals surface area contributed by atoms with Crippen molar-refractivity contribution in [3.05, 3.63) is 60.2 Å². The summed E-state index contributed by atoms with van der Waals surface area (Å²) >= 11 is 0. The van der Waals surface area contributed by atoms with Crippen molar-refractivity contribution < 1.29 is 9.59 Å². The van der Waals surface area contributed by atoms with Gasteiger partial charge >= 0.3 is 6.03 Å². The molecule has 3 atom stereocenters. The van der Waals surface area contributed by atoms with Gasteiger partial charge in [0.2, 0.25) is 5.91 Å². The second-order valence-corrected chi connectivity index (χ2v) is 10.6. The molecule has 1 aliphatic carbocycles. The van der Waals surface area contributed by atoms with Crippen LogP contribution in [0.3, 0.4) is 0 Å². The van der Waals surface area contributed by atoms with Gasteiger partial charge in [-0.15, -0.1) is 5.10 Å². The normalized spacial score (nSPS) is 19.1. The van der Waals surface area contributed by atoms with E-state index < -0.39 is 0 Å².